The molecule has 34 heavy (non-hydrogen) atoms. The van der Waals surface area contributed by atoms with Gasteiger partial charge in [0, 0.05) is 0 Å². The van der Waals surface area contributed by atoms with Crippen LogP contribution in [0.2, 0.25) is 0 Å². The van der Waals surface area contributed by atoms with Crippen LogP contribution in [0.4, 0.5) is 9.59 Å². The van der Waals surface area contributed by atoms with Gasteiger partial charge in [0.1, 0.15) is 22.3 Å². The lowest BCUT2D eigenvalue weighted by Crippen LogP contribution is -2.65. The van der Waals surface area contributed by atoms with E-state index in [2.05, 4.69) is 0 Å². The van der Waals surface area contributed by atoms with Crippen LogP contribution >= 0.6 is 0 Å². The zero-order chi connectivity index (χ0) is 27.0. The number of rotatable bonds is 12. The van der Waals surface area contributed by atoms with Crippen molar-refractivity contribution >= 4 is 12.2 Å². The van der Waals surface area contributed by atoms with E-state index in [1.54, 1.807) is 41.5 Å². The second-order valence-electron chi connectivity index (χ2n) is 10.2. The maximum absolute atomic E-state index is 12.8. The summed E-state index contributed by atoms with van der Waals surface area (Å²) in [4.78, 5) is 27.1. The number of amides is 2. The van der Waals surface area contributed by atoms with E-state index in [1.807, 2.05) is 0 Å². The van der Waals surface area contributed by atoms with Gasteiger partial charge in [0.15, 0.2) is 0 Å². The Labute approximate surface area is 200 Å². The summed E-state index contributed by atoms with van der Waals surface area (Å²) < 4.78 is 10.6. The molecule has 0 rings (SSSR count). The first kappa shape index (κ1) is 32.3. The monoisotopic (exact) mass is 498 g/mol. The van der Waals surface area contributed by atoms with Gasteiger partial charge < -0.3 is 45.2 Å². The second kappa shape index (κ2) is 12.8. The molecule has 0 spiro atoms. The third-order valence-electron chi connectivity index (χ3n) is 4.93. The standard InChI is InChI=1S/C21H42N2O11/c1-18(2,3)33-16(31)22(20(9-24,10-25)11-26)7-15(30)8-23(17(32)34-19(4,5)6)21(12-27,13-28)14-29/h15,24-30H,7-14H2,1-6H3. The van der Waals surface area contributed by atoms with Crippen molar-refractivity contribution < 1.29 is 54.8 Å². The Hall–Kier alpha value is -1.74. The summed E-state index contributed by atoms with van der Waals surface area (Å²) in [7, 11) is 0. The van der Waals surface area contributed by atoms with Crippen LogP contribution < -0.4 is 0 Å². The number of β-amino-alcohol motifs (C(OH)–C–C–N with tert-alkyl or cyclic N) is 1. The lowest BCUT2D eigenvalue weighted by atomic mass is 9.98. The van der Waals surface area contributed by atoms with Gasteiger partial charge in [-0.05, 0) is 41.5 Å². The number of ether oxygens (including phenoxy) is 2. The molecule has 0 aromatic rings. The predicted molar refractivity (Wildman–Crippen MR) is 120 cm³/mol. The Morgan fingerprint density at radius 1 is 0.618 bits per heavy atom. The lowest BCUT2D eigenvalue weighted by molar-refractivity contribution is -0.0892. The van der Waals surface area contributed by atoms with Crippen LogP contribution in [-0.2, 0) is 9.47 Å². The SMILES string of the molecule is CC(C)(C)OC(=O)N(CC(O)CN(C(=O)OC(C)(C)C)C(CO)(CO)CO)C(CO)(CO)CO. The largest absolute Gasteiger partial charge is 0.444 e. The molecule has 0 bridgehead atoms. The van der Waals surface area contributed by atoms with E-state index < -0.39 is 93.3 Å². The molecule has 0 fully saturated rings. The van der Waals surface area contributed by atoms with Gasteiger partial charge in [-0.15, -0.1) is 0 Å². The molecule has 0 heterocycles. The second-order valence-corrected chi connectivity index (χ2v) is 10.2. The summed E-state index contributed by atoms with van der Waals surface area (Å²) in [6, 6.07) is 0. The number of hydrogen-bond donors (Lipinski definition) is 7. The number of carbonyl (C=O) groups is 2. The highest BCUT2D eigenvalue weighted by atomic mass is 16.6. The Kier molecular flexibility index (Phi) is 12.2. The molecule has 0 aliphatic carbocycles. The van der Waals surface area contributed by atoms with Gasteiger partial charge >= 0.3 is 12.2 Å². The Balaban J connectivity index is 6.16. The summed E-state index contributed by atoms with van der Waals surface area (Å²) in [5.41, 5.74) is -5.81. The summed E-state index contributed by atoms with van der Waals surface area (Å²) in [5.74, 6) is 0. The van der Waals surface area contributed by atoms with Crippen LogP contribution in [0.1, 0.15) is 41.5 Å². The maximum atomic E-state index is 12.8. The van der Waals surface area contributed by atoms with Crippen molar-refractivity contribution in [3.8, 4) is 0 Å². The van der Waals surface area contributed by atoms with Crippen LogP contribution in [0.25, 0.3) is 0 Å². The van der Waals surface area contributed by atoms with Gasteiger partial charge in [0.25, 0.3) is 0 Å². The van der Waals surface area contributed by atoms with Crippen LogP contribution in [0.15, 0.2) is 0 Å². The van der Waals surface area contributed by atoms with Gasteiger partial charge in [-0.2, -0.15) is 0 Å². The average Bonchev–Trinajstić information content (AvgIpc) is 2.72. The van der Waals surface area contributed by atoms with Crippen molar-refractivity contribution in [3.05, 3.63) is 0 Å². The zero-order valence-corrected chi connectivity index (χ0v) is 20.9. The number of carbonyl (C=O) groups excluding carboxylic acids is 2. The Bertz CT molecular complexity index is 567. The minimum Gasteiger partial charge on any atom is -0.444 e. The Morgan fingerprint density at radius 3 is 1.03 bits per heavy atom. The van der Waals surface area contributed by atoms with Crippen molar-refractivity contribution in [2.75, 3.05) is 52.7 Å². The van der Waals surface area contributed by atoms with Crippen molar-refractivity contribution in [2.24, 2.45) is 0 Å². The molecule has 13 nitrogen and oxygen atoms in total. The third-order valence-corrected chi connectivity index (χ3v) is 4.93. The fourth-order valence-corrected chi connectivity index (χ4v) is 2.85. The zero-order valence-electron chi connectivity index (χ0n) is 20.9. The first-order chi connectivity index (χ1) is 15.5. The number of aliphatic hydroxyl groups is 7. The van der Waals surface area contributed by atoms with E-state index in [0.717, 1.165) is 9.80 Å². The van der Waals surface area contributed by atoms with Gasteiger partial charge in [-0.3, -0.25) is 9.80 Å². The summed E-state index contributed by atoms with van der Waals surface area (Å²) >= 11 is 0. The highest BCUT2D eigenvalue weighted by Gasteiger charge is 2.45. The van der Waals surface area contributed by atoms with Crippen LogP contribution in [0, 0.1) is 0 Å². The van der Waals surface area contributed by atoms with Crippen LogP contribution in [0.5, 0.6) is 0 Å². The highest BCUT2D eigenvalue weighted by molar-refractivity contribution is 5.70. The lowest BCUT2D eigenvalue weighted by Gasteiger charge is -2.44. The summed E-state index contributed by atoms with van der Waals surface area (Å²) in [5, 5.41) is 69.7. The van der Waals surface area contributed by atoms with E-state index in [1.165, 1.54) is 0 Å². The van der Waals surface area contributed by atoms with Crippen molar-refractivity contribution in [1.82, 2.24) is 9.80 Å². The fourth-order valence-electron chi connectivity index (χ4n) is 2.85. The molecule has 0 saturated heterocycles. The van der Waals surface area contributed by atoms with E-state index >= 15 is 0 Å². The topological polar surface area (TPSA) is 201 Å². The molecule has 7 N–H and O–H groups in total. The average molecular weight is 499 g/mol. The van der Waals surface area contributed by atoms with E-state index in [-0.39, 0.29) is 0 Å². The normalized spacial score (nSPS) is 13.1. The molecule has 0 aromatic heterocycles. The van der Waals surface area contributed by atoms with Crippen molar-refractivity contribution in [2.45, 2.75) is 69.9 Å². The molecule has 0 aromatic carbocycles. The first-order valence-electron chi connectivity index (χ1n) is 10.8. The summed E-state index contributed by atoms with van der Waals surface area (Å²) in [6.45, 7) is 2.85. The van der Waals surface area contributed by atoms with Gasteiger partial charge in [-0.1, -0.05) is 0 Å². The number of hydrogen-bond acceptors (Lipinski definition) is 11. The van der Waals surface area contributed by atoms with Crippen molar-refractivity contribution in [1.29, 1.82) is 0 Å². The molecule has 0 aliphatic rings. The molecule has 13 heteroatoms. The van der Waals surface area contributed by atoms with E-state index in [0.29, 0.717) is 0 Å². The van der Waals surface area contributed by atoms with E-state index in [9.17, 15) is 45.3 Å². The van der Waals surface area contributed by atoms with Crippen LogP contribution in [0.3, 0.4) is 0 Å². The fraction of sp³-hybridized carbons (Fsp3) is 0.905. The number of aliphatic hydroxyl groups excluding tert-OH is 7. The number of nitrogens with zero attached hydrogens (tertiary/aromatic N) is 2. The predicted octanol–water partition coefficient (Wildman–Crippen LogP) is -1.75. The van der Waals surface area contributed by atoms with Gasteiger partial charge in [0.05, 0.1) is 58.8 Å². The smallest absolute Gasteiger partial charge is 0.411 e. The molecule has 0 aliphatic heterocycles. The summed E-state index contributed by atoms with van der Waals surface area (Å²) in [6.07, 6.45) is -3.75. The molecule has 0 radical (unpaired) electrons. The molecule has 0 saturated carbocycles. The Morgan fingerprint density at radius 2 is 0.853 bits per heavy atom. The van der Waals surface area contributed by atoms with Crippen molar-refractivity contribution in [3.63, 3.8) is 0 Å². The molecule has 2 amide bonds. The highest BCUT2D eigenvalue weighted by Crippen LogP contribution is 2.23. The molecule has 0 atom stereocenters. The molecule has 202 valence electrons. The quantitative estimate of drug-likeness (QED) is 0.161. The third kappa shape index (κ3) is 8.80. The first-order valence-corrected chi connectivity index (χ1v) is 10.8. The maximum Gasteiger partial charge on any atom is 0.411 e. The minimum absolute atomic E-state index is 0.645. The van der Waals surface area contributed by atoms with Gasteiger partial charge in [-0.25, -0.2) is 9.59 Å². The van der Waals surface area contributed by atoms with Gasteiger partial charge in [0.2, 0.25) is 0 Å². The molecule has 0 unspecified atom stereocenters. The molecular formula is C21H42N2O11. The van der Waals surface area contributed by atoms with Crippen LogP contribution in [-0.4, -0.2) is 139 Å². The minimum atomic E-state index is -1.91. The molecular weight excluding hydrogens is 456 g/mol. The van der Waals surface area contributed by atoms with E-state index in [4.69, 9.17) is 9.47 Å².